The minimum absolute atomic E-state index is 0.0331. The number of hydrogen-bond acceptors (Lipinski definition) is 3. The summed E-state index contributed by atoms with van der Waals surface area (Å²) in [6.07, 6.45) is 2.71. The van der Waals surface area contributed by atoms with Crippen molar-refractivity contribution >= 4 is 11.9 Å². The summed E-state index contributed by atoms with van der Waals surface area (Å²) in [6.45, 7) is 9.39. The summed E-state index contributed by atoms with van der Waals surface area (Å²) in [5.74, 6) is 0.486. The Hall–Kier alpha value is -1.06. The molecule has 0 N–H and O–H groups in total. The standard InChI is InChI=1S/C15H25NO3/c1-9(2)13(17)12-10-6-7-11(8-10)16(12)14(18)19-15(3,4)5/h9-12H,6-8H2,1-5H3/t10-,11+,12-/m0/s1. The Morgan fingerprint density at radius 1 is 1.21 bits per heavy atom. The molecule has 0 radical (unpaired) electrons. The lowest BCUT2D eigenvalue weighted by Gasteiger charge is -2.36. The van der Waals surface area contributed by atoms with Gasteiger partial charge in [-0.2, -0.15) is 0 Å². The summed E-state index contributed by atoms with van der Waals surface area (Å²) in [6, 6.07) is -0.0545. The molecule has 0 unspecified atom stereocenters. The van der Waals surface area contributed by atoms with Gasteiger partial charge in [0.15, 0.2) is 5.78 Å². The number of ether oxygens (including phenoxy) is 1. The van der Waals surface area contributed by atoms with E-state index in [0.29, 0.717) is 5.92 Å². The first kappa shape index (κ1) is 14.4. The first-order valence-corrected chi connectivity index (χ1v) is 7.25. The van der Waals surface area contributed by atoms with Crippen molar-refractivity contribution in [3.8, 4) is 0 Å². The summed E-state index contributed by atoms with van der Waals surface area (Å²) in [5.41, 5.74) is -0.510. The smallest absolute Gasteiger partial charge is 0.411 e. The highest BCUT2D eigenvalue weighted by Gasteiger charge is 2.52. The minimum atomic E-state index is -0.510. The Labute approximate surface area is 115 Å². The van der Waals surface area contributed by atoms with Crippen LogP contribution in [0.2, 0.25) is 0 Å². The van der Waals surface area contributed by atoms with Gasteiger partial charge >= 0.3 is 6.09 Å². The topological polar surface area (TPSA) is 46.6 Å². The molecular formula is C15H25NO3. The van der Waals surface area contributed by atoms with Crippen LogP contribution in [0, 0.1) is 11.8 Å². The number of carbonyl (C=O) groups is 2. The number of likely N-dealkylation sites (tertiary alicyclic amines) is 1. The molecule has 3 atom stereocenters. The third-order valence-corrected chi connectivity index (χ3v) is 4.05. The lowest BCUT2D eigenvalue weighted by molar-refractivity contribution is -0.128. The van der Waals surface area contributed by atoms with Gasteiger partial charge in [-0.15, -0.1) is 0 Å². The Balaban J connectivity index is 2.17. The summed E-state index contributed by atoms with van der Waals surface area (Å²) in [4.78, 5) is 26.4. The van der Waals surface area contributed by atoms with Crippen LogP contribution in [0.1, 0.15) is 53.9 Å². The van der Waals surface area contributed by atoms with E-state index in [9.17, 15) is 9.59 Å². The molecule has 2 fully saturated rings. The van der Waals surface area contributed by atoms with Crippen LogP contribution in [0.5, 0.6) is 0 Å². The Morgan fingerprint density at radius 3 is 2.37 bits per heavy atom. The number of fused-ring (bicyclic) bond motifs is 2. The first-order chi connectivity index (χ1) is 8.70. The average Bonchev–Trinajstić information content (AvgIpc) is 2.84. The highest BCUT2D eigenvalue weighted by atomic mass is 16.6. The molecule has 1 saturated carbocycles. The molecule has 0 spiro atoms. The monoisotopic (exact) mass is 267 g/mol. The average molecular weight is 267 g/mol. The third kappa shape index (κ3) is 2.77. The van der Waals surface area contributed by atoms with Gasteiger partial charge in [0.1, 0.15) is 5.60 Å². The van der Waals surface area contributed by atoms with Gasteiger partial charge in [0.2, 0.25) is 0 Å². The molecule has 2 rings (SSSR count). The molecule has 1 amide bonds. The number of Topliss-reactive ketones (excluding diaryl/α,β-unsaturated/α-hetero) is 1. The van der Waals surface area contributed by atoms with E-state index in [1.54, 1.807) is 4.90 Å². The maximum Gasteiger partial charge on any atom is 0.411 e. The lowest BCUT2D eigenvalue weighted by atomic mass is 9.90. The highest BCUT2D eigenvalue weighted by Crippen LogP contribution is 2.44. The summed E-state index contributed by atoms with van der Waals surface area (Å²) in [5, 5.41) is 0. The molecule has 1 heterocycles. The van der Waals surface area contributed by atoms with E-state index in [2.05, 4.69) is 0 Å². The molecular weight excluding hydrogens is 242 g/mol. The van der Waals surface area contributed by atoms with Gasteiger partial charge in [-0.3, -0.25) is 9.69 Å². The fourth-order valence-electron chi connectivity index (χ4n) is 3.27. The predicted octanol–water partition coefficient (Wildman–Crippen LogP) is 3.00. The molecule has 2 bridgehead atoms. The van der Waals surface area contributed by atoms with E-state index in [1.807, 2.05) is 34.6 Å². The van der Waals surface area contributed by atoms with Crippen molar-refractivity contribution in [2.24, 2.45) is 11.8 Å². The molecule has 0 aromatic rings. The van der Waals surface area contributed by atoms with Crippen molar-refractivity contribution in [1.82, 2.24) is 4.90 Å². The van der Waals surface area contributed by atoms with Gasteiger partial charge in [-0.1, -0.05) is 13.8 Å². The fourth-order valence-corrected chi connectivity index (χ4v) is 3.27. The Bertz CT molecular complexity index is 383. The number of amides is 1. The predicted molar refractivity (Wildman–Crippen MR) is 72.8 cm³/mol. The van der Waals surface area contributed by atoms with Crippen molar-refractivity contribution in [2.75, 3.05) is 0 Å². The zero-order valence-electron chi connectivity index (χ0n) is 12.6. The fraction of sp³-hybridized carbons (Fsp3) is 0.867. The molecule has 19 heavy (non-hydrogen) atoms. The largest absolute Gasteiger partial charge is 0.444 e. The normalized spacial score (nSPS) is 30.0. The Kier molecular flexibility index (Phi) is 3.63. The van der Waals surface area contributed by atoms with Crippen LogP contribution in [0.4, 0.5) is 4.79 Å². The molecule has 0 aromatic heterocycles. The zero-order chi connectivity index (χ0) is 14.4. The van der Waals surface area contributed by atoms with Gasteiger partial charge in [0.05, 0.1) is 6.04 Å². The van der Waals surface area contributed by atoms with Crippen LogP contribution >= 0.6 is 0 Å². The van der Waals surface area contributed by atoms with Crippen LogP contribution in [-0.4, -0.2) is 34.5 Å². The second-order valence-electron chi connectivity index (χ2n) is 7.12. The van der Waals surface area contributed by atoms with Gasteiger partial charge in [-0.05, 0) is 46.0 Å². The maximum atomic E-state index is 12.4. The molecule has 1 saturated heterocycles. The first-order valence-electron chi connectivity index (χ1n) is 7.25. The van der Waals surface area contributed by atoms with Crippen molar-refractivity contribution in [1.29, 1.82) is 0 Å². The maximum absolute atomic E-state index is 12.4. The number of piperidine rings is 1. The Morgan fingerprint density at radius 2 is 1.84 bits per heavy atom. The summed E-state index contributed by atoms with van der Waals surface area (Å²) >= 11 is 0. The molecule has 1 aliphatic heterocycles. The quantitative estimate of drug-likeness (QED) is 0.772. The number of rotatable bonds is 2. The van der Waals surface area contributed by atoms with E-state index in [0.717, 1.165) is 19.3 Å². The number of ketones is 1. The van der Waals surface area contributed by atoms with Crippen LogP contribution in [-0.2, 0) is 9.53 Å². The van der Waals surface area contributed by atoms with E-state index in [4.69, 9.17) is 4.74 Å². The molecule has 4 heteroatoms. The zero-order valence-corrected chi connectivity index (χ0v) is 12.6. The summed E-state index contributed by atoms with van der Waals surface area (Å²) in [7, 11) is 0. The lowest BCUT2D eigenvalue weighted by Crippen LogP contribution is -2.51. The molecule has 1 aliphatic carbocycles. The van der Waals surface area contributed by atoms with Crippen LogP contribution in [0.25, 0.3) is 0 Å². The van der Waals surface area contributed by atoms with E-state index in [-0.39, 0.29) is 29.9 Å². The van der Waals surface area contributed by atoms with Gasteiger partial charge in [-0.25, -0.2) is 4.79 Å². The van der Waals surface area contributed by atoms with Crippen molar-refractivity contribution in [3.05, 3.63) is 0 Å². The van der Waals surface area contributed by atoms with Crippen LogP contribution in [0.3, 0.4) is 0 Å². The second kappa shape index (κ2) is 4.80. The molecule has 108 valence electrons. The minimum Gasteiger partial charge on any atom is -0.444 e. The van der Waals surface area contributed by atoms with E-state index >= 15 is 0 Å². The molecule has 4 nitrogen and oxygen atoms in total. The van der Waals surface area contributed by atoms with Crippen molar-refractivity contribution in [3.63, 3.8) is 0 Å². The van der Waals surface area contributed by atoms with E-state index in [1.165, 1.54) is 0 Å². The third-order valence-electron chi connectivity index (χ3n) is 4.05. The van der Waals surface area contributed by atoms with Crippen LogP contribution in [0.15, 0.2) is 0 Å². The number of hydrogen-bond donors (Lipinski definition) is 0. The number of carbonyl (C=O) groups excluding carboxylic acids is 2. The number of nitrogens with zero attached hydrogens (tertiary/aromatic N) is 1. The summed E-state index contributed by atoms with van der Waals surface area (Å²) < 4.78 is 5.47. The SMILES string of the molecule is CC(C)C(=O)[C@@H]1[C@H]2CC[C@H](C2)N1C(=O)OC(C)(C)C. The van der Waals surface area contributed by atoms with E-state index < -0.39 is 5.60 Å². The van der Waals surface area contributed by atoms with Crippen molar-refractivity contribution in [2.45, 2.75) is 71.6 Å². The van der Waals surface area contributed by atoms with Gasteiger partial charge in [0, 0.05) is 12.0 Å². The van der Waals surface area contributed by atoms with Gasteiger partial charge < -0.3 is 4.74 Å². The second-order valence-corrected chi connectivity index (χ2v) is 7.12. The van der Waals surface area contributed by atoms with Gasteiger partial charge in [0.25, 0.3) is 0 Å². The molecule has 2 aliphatic rings. The highest BCUT2D eigenvalue weighted by molar-refractivity contribution is 5.90. The molecule has 0 aromatic carbocycles. The van der Waals surface area contributed by atoms with Crippen molar-refractivity contribution < 1.29 is 14.3 Å². The van der Waals surface area contributed by atoms with Crippen LogP contribution < -0.4 is 0 Å².